The topological polar surface area (TPSA) is 114 Å². The Bertz CT molecular complexity index is 1600. The summed E-state index contributed by atoms with van der Waals surface area (Å²) in [5.74, 6) is -1.90. The molecule has 0 aliphatic rings. The third-order valence-electron chi connectivity index (χ3n) is 7.04. The van der Waals surface area contributed by atoms with Crippen LogP contribution >= 0.6 is 0 Å². The summed E-state index contributed by atoms with van der Waals surface area (Å²) in [6.07, 6.45) is 3.69. The molecular weight excluding hydrogens is 568 g/mol. The number of carbonyl (C=O) groups is 2. The lowest BCUT2D eigenvalue weighted by Crippen LogP contribution is -2.27. The number of nitrogens with one attached hydrogen (secondary N) is 1. The number of ether oxygens (including phenoxy) is 1. The number of halogens is 2. The average molecular weight is 604 g/mol. The molecule has 4 aromatic rings. The van der Waals surface area contributed by atoms with Gasteiger partial charge in [-0.15, -0.1) is 0 Å². The number of rotatable bonds is 12. The minimum Gasteiger partial charge on any atom is -0.469 e. The van der Waals surface area contributed by atoms with Crippen LogP contribution in [0.5, 0.6) is 0 Å². The van der Waals surface area contributed by atoms with E-state index in [0.29, 0.717) is 27.9 Å². The van der Waals surface area contributed by atoms with Crippen LogP contribution in [0, 0.1) is 11.6 Å². The molecule has 10 heteroatoms. The molecule has 2 aromatic heterocycles. The van der Waals surface area contributed by atoms with Crippen LogP contribution < -0.4 is 5.32 Å². The first-order chi connectivity index (χ1) is 21.1. The maximum absolute atomic E-state index is 14.0. The number of hydrogen-bond acceptors (Lipinski definition) is 6. The fourth-order valence-corrected chi connectivity index (χ4v) is 5.02. The smallest absolute Gasteiger partial charge is 0.308 e. The second-order valence-corrected chi connectivity index (χ2v) is 10.6. The van der Waals surface area contributed by atoms with Gasteiger partial charge in [0.2, 0.25) is 0 Å². The minimum atomic E-state index is -1.15. The van der Waals surface area contributed by atoms with Crippen molar-refractivity contribution in [2.45, 2.75) is 51.5 Å². The predicted octanol–water partition coefficient (Wildman–Crippen LogP) is 5.69. The van der Waals surface area contributed by atoms with Gasteiger partial charge in [-0.05, 0) is 66.9 Å². The van der Waals surface area contributed by atoms with Crippen molar-refractivity contribution < 1.29 is 33.3 Å². The molecule has 0 fully saturated rings. The number of benzene rings is 2. The fourth-order valence-electron chi connectivity index (χ4n) is 5.02. The molecule has 3 N–H and O–H groups in total. The summed E-state index contributed by atoms with van der Waals surface area (Å²) < 4.78 is 34.5. The molecule has 0 bridgehead atoms. The third kappa shape index (κ3) is 7.83. The normalized spacial score (nSPS) is 12.8. The Kier molecular flexibility index (Phi) is 10.8. The molecule has 0 saturated heterocycles. The molecule has 1 amide bonds. The van der Waals surface area contributed by atoms with Crippen molar-refractivity contribution in [3.63, 3.8) is 0 Å². The van der Waals surface area contributed by atoms with Gasteiger partial charge in [-0.3, -0.25) is 14.6 Å². The van der Waals surface area contributed by atoms with Crippen molar-refractivity contribution in [3.8, 4) is 22.3 Å². The highest BCUT2D eigenvalue weighted by Crippen LogP contribution is 2.42. The molecule has 2 heterocycles. The van der Waals surface area contributed by atoms with Gasteiger partial charge >= 0.3 is 5.97 Å². The number of pyridine rings is 1. The first kappa shape index (κ1) is 32.2. The van der Waals surface area contributed by atoms with E-state index in [9.17, 15) is 28.6 Å². The summed E-state index contributed by atoms with van der Waals surface area (Å²) in [7, 11) is 1.21. The van der Waals surface area contributed by atoms with Gasteiger partial charge < -0.3 is 24.8 Å². The van der Waals surface area contributed by atoms with Crippen LogP contribution in [0.15, 0.2) is 79.1 Å². The number of aliphatic hydroxyl groups is 2. The van der Waals surface area contributed by atoms with Crippen molar-refractivity contribution in [3.05, 3.63) is 108 Å². The van der Waals surface area contributed by atoms with Crippen LogP contribution in [-0.2, 0) is 16.1 Å². The van der Waals surface area contributed by atoms with Crippen LogP contribution in [0.25, 0.3) is 28.3 Å². The predicted molar refractivity (Wildman–Crippen MR) is 163 cm³/mol. The Hall–Kier alpha value is -4.67. The third-order valence-corrected chi connectivity index (χ3v) is 7.04. The largest absolute Gasteiger partial charge is 0.469 e. The number of carbonyl (C=O) groups excluding carboxylic acids is 2. The van der Waals surface area contributed by atoms with E-state index in [1.165, 1.54) is 37.5 Å². The standard InChI is InChI=1S/C34H35F2N3O5/c1-21(2)39-29(15-14-27(40)17-28(41)18-30(42)44-3)31(23-6-10-25(35)11-7-23)32(24-8-12-26(36)13-9-24)33(39)34(43)38-20-22-5-4-16-37-19-22/h4-16,19,21,27-28,40-41H,17-18,20H2,1-3H3,(H,38,43)/t27-,28-/m1/s1. The monoisotopic (exact) mass is 603 g/mol. The molecule has 0 spiro atoms. The van der Waals surface area contributed by atoms with Crippen LogP contribution in [0.4, 0.5) is 8.78 Å². The molecule has 0 aliphatic carbocycles. The Morgan fingerprint density at radius 2 is 1.59 bits per heavy atom. The highest BCUT2D eigenvalue weighted by Gasteiger charge is 2.29. The fraction of sp³-hybridized carbons (Fsp3) is 0.265. The van der Waals surface area contributed by atoms with E-state index in [1.54, 1.807) is 48.8 Å². The first-order valence-electron chi connectivity index (χ1n) is 14.2. The maximum atomic E-state index is 14.0. The van der Waals surface area contributed by atoms with E-state index >= 15 is 0 Å². The Labute approximate surface area is 254 Å². The highest BCUT2D eigenvalue weighted by atomic mass is 19.1. The first-order valence-corrected chi connectivity index (χ1v) is 14.2. The molecular formula is C34H35F2N3O5. The molecule has 0 aliphatic heterocycles. The van der Waals surface area contributed by atoms with E-state index in [2.05, 4.69) is 15.0 Å². The van der Waals surface area contributed by atoms with Crippen molar-refractivity contribution >= 4 is 18.0 Å². The summed E-state index contributed by atoms with van der Waals surface area (Å²) in [6, 6.07) is 14.9. The SMILES string of the molecule is COC(=O)C[C@H](O)C[C@H](O)C=Cc1c(-c2ccc(F)cc2)c(-c2ccc(F)cc2)c(C(=O)NCc2cccnc2)n1C(C)C. The highest BCUT2D eigenvalue weighted by molar-refractivity contribution is 6.06. The summed E-state index contributed by atoms with van der Waals surface area (Å²) in [6.45, 7) is 4.00. The van der Waals surface area contributed by atoms with Crippen molar-refractivity contribution in [2.24, 2.45) is 0 Å². The number of esters is 1. The summed E-state index contributed by atoms with van der Waals surface area (Å²) in [5, 5.41) is 24.0. The van der Waals surface area contributed by atoms with E-state index in [1.807, 2.05) is 24.5 Å². The van der Waals surface area contributed by atoms with Gasteiger partial charge in [0.05, 0.1) is 25.7 Å². The van der Waals surface area contributed by atoms with Gasteiger partial charge in [0.1, 0.15) is 17.3 Å². The zero-order valence-corrected chi connectivity index (χ0v) is 24.7. The molecule has 2 aromatic carbocycles. The van der Waals surface area contributed by atoms with E-state index in [-0.39, 0.29) is 31.1 Å². The number of methoxy groups -OCH3 is 1. The Morgan fingerprint density at radius 3 is 2.14 bits per heavy atom. The van der Waals surface area contributed by atoms with Crippen LogP contribution in [0.3, 0.4) is 0 Å². The van der Waals surface area contributed by atoms with E-state index in [0.717, 1.165) is 5.56 Å². The average Bonchev–Trinajstić information content (AvgIpc) is 3.35. The Morgan fingerprint density at radius 1 is 0.977 bits per heavy atom. The molecule has 2 atom stereocenters. The molecule has 44 heavy (non-hydrogen) atoms. The van der Waals surface area contributed by atoms with Crippen molar-refractivity contribution in [1.29, 1.82) is 0 Å². The van der Waals surface area contributed by atoms with Gasteiger partial charge in [-0.2, -0.15) is 0 Å². The summed E-state index contributed by atoms with van der Waals surface area (Å²) >= 11 is 0. The van der Waals surface area contributed by atoms with Gasteiger partial charge in [0.15, 0.2) is 0 Å². The molecule has 4 rings (SSSR count). The van der Waals surface area contributed by atoms with E-state index < -0.39 is 35.7 Å². The quantitative estimate of drug-likeness (QED) is 0.179. The molecule has 0 radical (unpaired) electrons. The number of nitrogens with zero attached hydrogens (tertiary/aromatic N) is 2. The van der Waals surface area contributed by atoms with Crippen LogP contribution in [-0.4, -0.2) is 51.0 Å². The number of hydrogen-bond donors (Lipinski definition) is 3. The maximum Gasteiger partial charge on any atom is 0.308 e. The second kappa shape index (κ2) is 14.7. The van der Waals surface area contributed by atoms with E-state index in [4.69, 9.17) is 0 Å². The van der Waals surface area contributed by atoms with Crippen LogP contribution in [0.1, 0.15) is 54.5 Å². The molecule has 0 unspecified atom stereocenters. The lowest BCUT2D eigenvalue weighted by atomic mass is 9.94. The summed E-state index contributed by atoms with van der Waals surface area (Å²) in [4.78, 5) is 29.7. The lowest BCUT2D eigenvalue weighted by Gasteiger charge is -2.17. The van der Waals surface area contributed by atoms with Crippen LogP contribution in [0.2, 0.25) is 0 Å². The number of aromatic nitrogens is 2. The van der Waals surface area contributed by atoms with Gasteiger partial charge in [0.25, 0.3) is 5.91 Å². The van der Waals surface area contributed by atoms with Gasteiger partial charge in [0, 0.05) is 48.2 Å². The van der Waals surface area contributed by atoms with Gasteiger partial charge in [-0.1, -0.05) is 36.4 Å². The summed E-state index contributed by atoms with van der Waals surface area (Å²) in [5.41, 5.74) is 3.81. The minimum absolute atomic E-state index is 0.136. The second-order valence-electron chi connectivity index (χ2n) is 10.6. The van der Waals surface area contributed by atoms with Crippen molar-refractivity contribution in [2.75, 3.05) is 7.11 Å². The molecule has 230 valence electrons. The number of aliphatic hydroxyl groups excluding tert-OH is 2. The van der Waals surface area contributed by atoms with Crippen molar-refractivity contribution in [1.82, 2.24) is 14.9 Å². The van der Waals surface area contributed by atoms with Gasteiger partial charge in [-0.25, -0.2) is 8.78 Å². The lowest BCUT2D eigenvalue weighted by molar-refractivity contribution is -0.143. The zero-order chi connectivity index (χ0) is 31.8. The number of amides is 1. The molecule has 8 nitrogen and oxygen atoms in total. The zero-order valence-electron chi connectivity index (χ0n) is 24.7. The Balaban J connectivity index is 1.90. The molecule has 0 saturated carbocycles.